The molecular weight excluding hydrogens is 232 g/mol. The van der Waals surface area contributed by atoms with Crippen molar-refractivity contribution in [3.05, 3.63) is 12.2 Å². The van der Waals surface area contributed by atoms with E-state index in [1.807, 2.05) is 12.2 Å². The van der Waals surface area contributed by atoms with E-state index in [1.165, 1.54) is 0 Å². The molecule has 0 bridgehead atoms. The molecule has 2 amide bonds. The third kappa shape index (κ3) is 3.82. The monoisotopic (exact) mass is 252 g/mol. The zero-order valence-corrected chi connectivity index (χ0v) is 10.4. The Morgan fingerprint density at radius 2 is 1.89 bits per heavy atom. The van der Waals surface area contributed by atoms with Crippen molar-refractivity contribution in [1.29, 1.82) is 0 Å². The van der Waals surface area contributed by atoms with Gasteiger partial charge >= 0.3 is 11.8 Å². The molecule has 0 aromatic rings. The van der Waals surface area contributed by atoms with Crippen molar-refractivity contribution in [1.82, 2.24) is 21.3 Å². The standard InChI is InChI=1S/C12H20N4O2/c17-11(15-9-5-1-3-7-13-9)12(18)16-10-6-2-4-8-14-10/h1,5,9-10,13-14H,2-4,6-8H2,(H,15,17)(H,16,18). The number of piperidine rings is 1. The first-order chi connectivity index (χ1) is 8.75. The summed E-state index contributed by atoms with van der Waals surface area (Å²) in [7, 11) is 0. The Morgan fingerprint density at radius 3 is 2.56 bits per heavy atom. The first kappa shape index (κ1) is 13.0. The van der Waals surface area contributed by atoms with Crippen LogP contribution in [0.25, 0.3) is 0 Å². The lowest BCUT2D eigenvalue weighted by Crippen LogP contribution is -2.55. The van der Waals surface area contributed by atoms with Crippen molar-refractivity contribution in [2.45, 2.75) is 38.0 Å². The molecule has 2 atom stereocenters. The summed E-state index contributed by atoms with van der Waals surface area (Å²) >= 11 is 0. The van der Waals surface area contributed by atoms with Crippen LogP contribution >= 0.6 is 0 Å². The molecule has 0 aliphatic carbocycles. The van der Waals surface area contributed by atoms with Gasteiger partial charge in [-0.05, 0) is 32.2 Å². The number of hydrogen-bond acceptors (Lipinski definition) is 4. The summed E-state index contributed by atoms with van der Waals surface area (Å²) in [4.78, 5) is 23.3. The van der Waals surface area contributed by atoms with Gasteiger partial charge in [0.05, 0.1) is 12.3 Å². The van der Waals surface area contributed by atoms with Gasteiger partial charge in [0.2, 0.25) is 0 Å². The van der Waals surface area contributed by atoms with Crippen LogP contribution in [-0.2, 0) is 9.59 Å². The summed E-state index contributed by atoms with van der Waals surface area (Å²) < 4.78 is 0. The lowest BCUT2D eigenvalue weighted by molar-refractivity contribution is -0.140. The van der Waals surface area contributed by atoms with Gasteiger partial charge in [0.1, 0.15) is 0 Å². The topological polar surface area (TPSA) is 82.3 Å². The third-order valence-electron chi connectivity index (χ3n) is 3.11. The highest BCUT2D eigenvalue weighted by atomic mass is 16.2. The van der Waals surface area contributed by atoms with Crippen LogP contribution in [0.1, 0.15) is 25.7 Å². The SMILES string of the molecule is O=C(NC1C=CCCN1)C(=O)NC1CCCCN1. The second-order valence-electron chi connectivity index (χ2n) is 4.60. The van der Waals surface area contributed by atoms with E-state index >= 15 is 0 Å². The van der Waals surface area contributed by atoms with Crippen molar-refractivity contribution in [3.63, 3.8) is 0 Å². The predicted molar refractivity (Wildman–Crippen MR) is 67.5 cm³/mol. The van der Waals surface area contributed by atoms with E-state index in [0.717, 1.165) is 38.8 Å². The number of rotatable bonds is 2. The van der Waals surface area contributed by atoms with Gasteiger partial charge in [0.15, 0.2) is 0 Å². The van der Waals surface area contributed by atoms with Crippen molar-refractivity contribution < 1.29 is 9.59 Å². The molecule has 6 nitrogen and oxygen atoms in total. The van der Waals surface area contributed by atoms with Crippen LogP contribution in [0.3, 0.4) is 0 Å². The molecule has 0 radical (unpaired) electrons. The van der Waals surface area contributed by atoms with E-state index in [0.29, 0.717) is 0 Å². The van der Waals surface area contributed by atoms with Crippen molar-refractivity contribution in [3.8, 4) is 0 Å². The van der Waals surface area contributed by atoms with E-state index in [1.54, 1.807) is 0 Å². The van der Waals surface area contributed by atoms with E-state index in [9.17, 15) is 9.59 Å². The fourth-order valence-electron chi connectivity index (χ4n) is 2.13. The van der Waals surface area contributed by atoms with Crippen molar-refractivity contribution in [2.75, 3.05) is 13.1 Å². The molecule has 4 N–H and O–H groups in total. The van der Waals surface area contributed by atoms with E-state index in [4.69, 9.17) is 0 Å². The maximum Gasteiger partial charge on any atom is 0.310 e. The van der Waals surface area contributed by atoms with Crippen LogP contribution in [0, 0.1) is 0 Å². The average Bonchev–Trinajstić information content (AvgIpc) is 2.41. The highest BCUT2D eigenvalue weighted by Crippen LogP contribution is 2.04. The summed E-state index contributed by atoms with van der Waals surface area (Å²) in [5.41, 5.74) is 0. The minimum atomic E-state index is -0.591. The van der Waals surface area contributed by atoms with Gasteiger partial charge in [-0.2, -0.15) is 0 Å². The van der Waals surface area contributed by atoms with Crippen LogP contribution in [0.4, 0.5) is 0 Å². The van der Waals surface area contributed by atoms with Gasteiger partial charge in [-0.3, -0.25) is 20.2 Å². The van der Waals surface area contributed by atoms with Gasteiger partial charge in [0.25, 0.3) is 0 Å². The Morgan fingerprint density at radius 1 is 1.06 bits per heavy atom. The first-order valence-corrected chi connectivity index (χ1v) is 6.50. The quantitative estimate of drug-likeness (QED) is 0.383. The second-order valence-corrected chi connectivity index (χ2v) is 4.60. The highest BCUT2D eigenvalue weighted by Gasteiger charge is 2.21. The second kappa shape index (κ2) is 6.51. The van der Waals surface area contributed by atoms with E-state index < -0.39 is 11.8 Å². The Balaban J connectivity index is 1.75. The predicted octanol–water partition coefficient (Wildman–Crippen LogP) is -0.806. The number of hydrogen-bond donors (Lipinski definition) is 4. The molecule has 6 heteroatoms. The molecule has 0 spiro atoms. The Hall–Kier alpha value is -1.40. The summed E-state index contributed by atoms with van der Waals surface area (Å²) in [5.74, 6) is -1.17. The van der Waals surface area contributed by atoms with Crippen LogP contribution in [-0.4, -0.2) is 37.2 Å². The summed E-state index contributed by atoms with van der Waals surface area (Å²) in [6.07, 6.45) is 7.55. The number of amides is 2. The van der Waals surface area contributed by atoms with Gasteiger partial charge in [-0.25, -0.2) is 0 Å². The lowest BCUT2D eigenvalue weighted by Gasteiger charge is -2.25. The highest BCUT2D eigenvalue weighted by molar-refractivity contribution is 6.35. The van der Waals surface area contributed by atoms with Crippen molar-refractivity contribution >= 4 is 11.8 Å². The number of nitrogens with one attached hydrogen (secondary N) is 4. The van der Waals surface area contributed by atoms with Gasteiger partial charge in [0, 0.05) is 6.54 Å². The molecule has 2 heterocycles. The number of carbonyl (C=O) groups is 2. The van der Waals surface area contributed by atoms with Crippen molar-refractivity contribution in [2.24, 2.45) is 0 Å². The Labute approximate surface area is 107 Å². The zero-order valence-electron chi connectivity index (χ0n) is 10.4. The Kier molecular flexibility index (Phi) is 4.72. The maximum atomic E-state index is 11.7. The summed E-state index contributed by atoms with van der Waals surface area (Å²) in [6.45, 7) is 1.70. The fourth-order valence-corrected chi connectivity index (χ4v) is 2.13. The smallest absolute Gasteiger partial charge is 0.310 e. The van der Waals surface area contributed by atoms with Crippen LogP contribution < -0.4 is 21.3 Å². The summed E-state index contributed by atoms with van der Waals surface area (Å²) in [6, 6.07) is 0. The van der Waals surface area contributed by atoms with Gasteiger partial charge in [-0.15, -0.1) is 0 Å². The molecule has 100 valence electrons. The van der Waals surface area contributed by atoms with E-state index in [2.05, 4.69) is 21.3 Å². The maximum absolute atomic E-state index is 11.7. The molecule has 2 aliphatic heterocycles. The molecule has 1 fully saturated rings. The number of carbonyl (C=O) groups excluding carboxylic acids is 2. The Bertz CT molecular complexity index is 337. The molecule has 2 rings (SSSR count). The zero-order chi connectivity index (χ0) is 12.8. The fraction of sp³-hybridized carbons (Fsp3) is 0.667. The minimum absolute atomic E-state index is 0.0770. The lowest BCUT2D eigenvalue weighted by atomic mass is 10.1. The van der Waals surface area contributed by atoms with Gasteiger partial charge < -0.3 is 10.6 Å². The largest absolute Gasteiger partial charge is 0.333 e. The summed E-state index contributed by atoms with van der Waals surface area (Å²) in [5, 5.41) is 11.6. The average molecular weight is 252 g/mol. The minimum Gasteiger partial charge on any atom is -0.333 e. The third-order valence-corrected chi connectivity index (χ3v) is 3.11. The molecule has 2 aliphatic rings. The normalized spacial score (nSPS) is 27.6. The van der Waals surface area contributed by atoms with Crippen LogP contribution in [0.5, 0.6) is 0 Å². The molecule has 0 aromatic heterocycles. The molecule has 2 unspecified atom stereocenters. The molecule has 0 aromatic carbocycles. The first-order valence-electron chi connectivity index (χ1n) is 6.50. The molecular formula is C12H20N4O2. The molecule has 0 saturated carbocycles. The molecule has 18 heavy (non-hydrogen) atoms. The van der Waals surface area contributed by atoms with Crippen LogP contribution in [0.15, 0.2) is 12.2 Å². The van der Waals surface area contributed by atoms with E-state index in [-0.39, 0.29) is 12.3 Å². The molecule has 1 saturated heterocycles. The van der Waals surface area contributed by atoms with Gasteiger partial charge in [-0.1, -0.05) is 12.2 Å². The van der Waals surface area contributed by atoms with Crippen LogP contribution in [0.2, 0.25) is 0 Å².